The Morgan fingerprint density at radius 1 is 0.943 bits per heavy atom. The lowest BCUT2D eigenvalue weighted by Gasteiger charge is -2.19. The molecule has 8 heteroatoms. The molecule has 178 valence electrons. The molecule has 5 nitrogen and oxygen atoms in total. The number of alkyl halides is 2. The van der Waals surface area contributed by atoms with Crippen molar-refractivity contribution in [2.24, 2.45) is 0 Å². The maximum atomic E-state index is 15.5. The maximum absolute atomic E-state index is 15.5. The van der Waals surface area contributed by atoms with Gasteiger partial charge in [0.05, 0.1) is 6.42 Å². The minimum Gasteiger partial charge on any atom is -0.481 e. The molecular weight excluding hydrogens is 474 g/mol. The van der Waals surface area contributed by atoms with Gasteiger partial charge in [0.2, 0.25) is 0 Å². The number of carbonyl (C=O) groups excluding carboxylic acids is 1. The van der Waals surface area contributed by atoms with E-state index in [1.165, 1.54) is 36.5 Å². The Balaban J connectivity index is 1.51. The van der Waals surface area contributed by atoms with Gasteiger partial charge in [-0.3, -0.25) is 14.6 Å². The van der Waals surface area contributed by atoms with Gasteiger partial charge in [-0.1, -0.05) is 60.1 Å². The van der Waals surface area contributed by atoms with Crippen LogP contribution in [0.4, 0.5) is 8.78 Å². The zero-order valence-corrected chi connectivity index (χ0v) is 19.2. The molecule has 0 fully saturated rings. The summed E-state index contributed by atoms with van der Waals surface area (Å²) in [5.74, 6) is -4.89. The first-order valence-corrected chi connectivity index (χ1v) is 11.2. The van der Waals surface area contributed by atoms with Crippen LogP contribution >= 0.6 is 11.6 Å². The molecule has 0 aliphatic carbocycles. The van der Waals surface area contributed by atoms with Gasteiger partial charge in [-0.2, -0.15) is 8.78 Å². The normalized spacial score (nSPS) is 11.4. The molecule has 3 aromatic carbocycles. The van der Waals surface area contributed by atoms with E-state index >= 15 is 8.78 Å². The van der Waals surface area contributed by atoms with Crippen molar-refractivity contribution in [1.29, 1.82) is 0 Å². The Morgan fingerprint density at radius 2 is 1.60 bits per heavy atom. The van der Waals surface area contributed by atoms with E-state index in [2.05, 4.69) is 10.3 Å². The minimum absolute atomic E-state index is 0.181. The molecule has 0 aliphatic heterocycles. The maximum Gasteiger partial charge on any atom is 0.315 e. The van der Waals surface area contributed by atoms with Gasteiger partial charge < -0.3 is 10.4 Å². The standard InChI is InChI=1S/C27H21ClF2N2O3/c28-21-11-5-17(6-12-21)13-14-31-26(35)18-7-9-20(10-8-18)27(29,30)25-23-4-2-1-3-22(23)19(16-32-25)15-24(33)34/h1-12,16H,13-15H2,(H,31,35)(H,33,34). The highest BCUT2D eigenvalue weighted by Gasteiger charge is 2.37. The quantitative estimate of drug-likeness (QED) is 0.333. The van der Waals surface area contributed by atoms with Crippen molar-refractivity contribution in [2.75, 3.05) is 6.54 Å². The van der Waals surface area contributed by atoms with Crippen molar-refractivity contribution in [3.63, 3.8) is 0 Å². The van der Waals surface area contributed by atoms with Crippen LogP contribution in [0.2, 0.25) is 5.02 Å². The van der Waals surface area contributed by atoms with Crippen LogP contribution in [-0.2, 0) is 23.6 Å². The summed E-state index contributed by atoms with van der Waals surface area (Å²) in [6.45, 7) is 0.386. The van der Waals surface area contributed by atoms with Crippen LogP contribution in [0.15, 0.2) is 79.0 Å². The fourth-order valence-corrected chi connectivity index (χ4v) is 3.97. The summed E-state index contributed by atoms with van der Waals surface area (Å²) in [6, 6.07) is 18.8. The highest BCUT2D eigenvalue weighted by molar-refractivity contribution is 6.30. The van der Waals surface area contributed by atoms with Crippen molar-refractivity contribution >= 4 is 34.2 Å². The second-order valence-electron chi connectivity index (χ2n) is 8.03. The third kappa shape index (κ3) is 5.46. The number of hydrogen-bond acceptors (Lipinski definition) is 3. The van der Waals surface area contributed by atoms with Crippen LogP contribution in [0, 0.1) is 0 Å². The van der Waals surface area contributed by atoms with E-state index in [9.17, 15) is 9.59 Å². The smallest absolute Gasteiger partial charge is 0.315 e. The van der Waals surface area contributed by atoms with Gasteiger partial charge in [-0.15, -0.1) is 0 Å². The zero-order valence-electron chi connectivity index (χ0n) is 18.5. The Kier molecular flexibility index (Phi) is 7.07. The van der Waals surface area contributed by atoms with Crippen LogP contribution in [-0.4, -0.2) is 28.5 Å². The molecule has 4 rings (SSSR count). The van der Waals surface area contributed by atoms with Crippen molar-refractivity contribution in [2.45, 2.75) is 18.8 Å². The summed E-state index contributed by atoms with van der Waals surface area (Å²) in [6.07, 6.45) is 1.47. The molecule has 0 saturated heterocycles. The number of nitrogens with one attached hydrogen (secondary N) is 1. The first-order chi connectivity index (χ1) is 16.8. The molecule has 0 atom stereocenters. The molecule has 1 heterocycles. The first-order valence-electron chi connectivity index (χ1n) is 10.9. The van der Waals surface area contributed by atoms with E-state index in [0.717, 1.165) is 5.56 Å². The lowest BCUT2D eigenvalue weighted by atomic mass is 9.96. The van der Waals surface area contributed by atoms with Crippen molar-refractivity contribution < 1.29 is 23.5 Å². The third-order valence-electron chi connectivity index (χ3n) is 5.64. The molecular formula is C27H21ClF2N2O3. The second kappa shape index (κ2) is 10.2. The van der Waals surface area contributed by atoms with Crippen LogP contribution in [0.25, 0.3) is 10.8 Å². The number of fused-ring (bicyclic) bond motifs is 1. The number of rotatable bonds is 8. The average molecular weight is 495 g/mol. The number of carboxylic acid groups (broad SMARTS) is 1. The molecule has 1 amide bonds. The Hall–Kier alpha value is -3.84. The lowest BCUT2D eigenvalue weighted by molar-refractivity contribution is -0.136. The zero-order chi connectivity index (χ0) is 25.0. The summed E-state index contributed by atoms with van der Waals surface area (Å²) in [5.41, 5.74) is 0.841. The number of nitrogens with zero attached hydrogens (tertiary/aromatic N) is 1. The lowest BCUT2D eigenvalue weighted by Crippen LogP contribution is -2.26. The van der Waals surface area contributed by atoms with Gasteiger partial charge in [-0.05, 0) is 47.2 Å². The predicted octanol–water partition coefficient (Wildman–Crippen LogP) is 5.63. The van der Waals surface area contributed by atoms with Gasteiger partial charge in [0.15, 0.2) is 0 Å². The summed E-state index contributed by atoms with van der Waals surface area (Å²) < 4.78 is 31.0. The van der Waals surface area contributed by atoms with E-state index in [4.69, 9.17) is 16.7 Å². The molecule has 2 N–H and O–H groups in total. The van der Waals surface area contributed by atoms with Gasteiger partial charge in [-0.25, -0.2) is 0 Å². The van der Waals surface area contributed by atoms with E-state index in [1.54, 1.807) is 30.3 Å². The van der Waals surface area contributed by atoms with E-state index < -0.39 is 17.6 Å². The van der Waals surface area contributed by atoms with Gasteiger partial charge in [0.25, 0.3) is 5.91 Å². The van der Waals surface area contributed by atoms with E-state index in [1.807, 2.05) is 12.1 Å². The Morgan fingerprint density at radius 3 is 2.26 bits per heavy atom. The van der Waals surface area contributed by atoms with E-state index in [-0.39, 0.29) is 28.8 Å². The first kappa shape index (κ1) is 24.3. The van der Waals surface area contributed by atoms with Gasteiger partial charge in [0.1, 0.15) is 5.69 Å². The van der Waals surface area contributed by atoms with Crippen LogP contribution < -0.4 is 5.32 Å². The average Bonchev–Trinajstić information content (AvgIpc) is 2.85. The highest BCUT2D eigenvalue weighted by atomic mass is 35.5. The number of pyridine rings is 1. The number of halogens is 3. The number of hydrogen-bond donors (Lipinski definition) is 2. The number of aromatic nitrogens is 1. The van der Waals surface area contributed by atoms with Gasteiger partial charge >= 0.3 is 11.9 Å². The van der Waals surface area contributed by atoms with Crippen molar-refractivity contribution in [3.05, 3.63) is 112 Å². The molecule has 1 aromatic heterocycles. The highest BCUT2D eigenvalue weighted by Crippen LogP contribution is 2.38. The molecule has 0 bridgehead atoms. The number of carbonyl (C=O) groups is 2. The minimum atomic E-state index is -3.45. The summed E-state index contributed by atoms with van der Waals surface area (Å²) >= 11 is 5.87. The number of amides is 1. The Bertz CT molecular complexity index is 1370. The van der Waals surface area contributed by atoms with E-state index in [0.29, 0.717) is 28.9 Å². The van der Waals surface area contributed by atoms with Gasteiger partial charge in [0, 0.05) is 34.3 Å². The molecule has 0 unspecified atom stereocenters. The number of carboxylic acids is 1. The Labute approximate surface area is 205 Å². The third-order valence-corrected chi connectivity index (χ3v) is 5.89. The fraction of sp³-hybridized carbons (Fsp3) is 0.148. The van der Waals surface area contributed by atoms with Crippen LogP contribution in [0.1, 0.15) is 32.7 Å². The number of benzene rings is 3. The van der Waals surface area contributed by atoms with Crippen LogP contribution in [0.5, 0.6) is 0 Å². The summed E-state index contributed by atoms with van der Waals surface area (Å²) in [4.78, 5) is 27.5. The number of aliphatic carboxylic acids is 1. The topological polar surface area (TPSA) is 79.3 Å². The van der Waals surface area contributed by atoms with Crippen LogP contribution in [0.3, 0.4) is 0 Å². The summed E-state index contributed by atoms with van der Waals surface area (Å²) in [7, 11) is 0. The molecule has 0 radical (unpaired) electrons. The van der Waals surface area contributed by atoms with Crippen molar-refractivity contribution in [1.82, 2.24) is 10.3 Å². The SMILES string of the molecule is O=C(O)Cc1cnc(C(F)(F)c2ccc(C(=O)NCCc3ccc(Cl)cc3)cc2)c2ccccc12. The molecule has 0 aliphatic rings. The fourth-order valence-electron chi connectivity index (χ4n) is 3.85. The molecule has 0 saturated carbocycles. The molecule has 35 heavy (non-hydrogen) atoms. The monoisotopic (exact) mass is 494 g/mol. The predicted molar refractivity (Wildman–Crippen MR) is 130 cm³/mol. The molecule has 0 spiro atoms. The second-order valence-corrected chi connectivity index (χ2v) is 8.47. The van der Waals surface area contributed by atoms with Crippen molar-refractivity contribution in [3.8, 4) is 0 Å². The largest absolute Gasteiger partial charge is 0.481 e. The molecule has 4 aromatic rings. The summed E-state index contributed by atoms with van der Waals surface area (Å²) in [5, 5.41) is 13.1.